The minimum absolute atomic E-state index is 0.0181. The summed E-state index contributed by atoms with van der Waals surface area (Å²) >= 11 is 0. The molecule has 0 spiro atoms. The summed E-state index contributed by atoms with van der Waals surface area (Å²) in [5.74, 6) is 0.610. The number of hydrogen-bond donors (Lipinski definition) is 1. The van der Waals surface area contributed by atoms with Gasteiger partial charge in [-0.25, -0.2) is 9.37 Å². The van der Waals surface area contributed by atoms with Gasteiger partial charge in [-0.05, 0) is 25.0 Å². The Kier molecular flexibility index (Phi) is 4.51. The third-order valence-corrected chi connectivity index (χ3v) is 4.43. The average Bonchev–Trinajstić information content (AvgIpc) is 3.05. The molecule has 1 aliphatic rings. The number of anilines is 1. The normalized spacial score (nSPS) is 18.3. The number of carbonyl (C=O) groups excluding carboxylic acids is 1. The molecule has 0 aromatic carbocycles. The van der Waals surface area contributed by atoms with Crippen molar-refractivity contribution in [2.24, 2.45) is 0 Å². The second-order valence-electron chi connectivity index (χ2n) is 6.48. The number of carbonyl (C=O) groups is 1. The summed E-state index contributed by atoms with van der Waals surface area (Å²) in [6.45, 7) is 8.02. The van der Waals surface area contributed by atoms with Crippen LogP contribution < -0.4 is 4.90 Å². The van der Waals surface area contributed by atoms with E-state index in [9.17, 15) is 9.18 Å². The van der Waals surface area contributed by atoms with Crippen molar-refractivity contribution in [1.82, 2.24) is 20.1 Å². The van der Waals surface area contributed by atoms with Gasteiger partial charge >= 0.3 is 0 Å². The summed E-state index contributed by atoms with van der Waals surface area (Å²) in [4.78, 5) is 20.9. The third kappa shape index (κ3) is 3.11. The first-order valence-corrected chi connectivity index (χ1v) is 8.18. The predicted octanol–water partition coefficient (Wildman–Crippen LogP) is 2.42. The Labute approximate surface area is 140 Å². The fourth-order valence-electron chi connectivity index (χ4n) is 3.07. The molecule has 0 radical (unpaired) electrons. The molecule has 6 nitrogen and oxygen atoms in total. The van der Waals surface area contributed by atoms with E-state index < -0.39 is 0 Å². The van der Waals surface area contributed by atoms with Gasteiger partial charge in [-0.2, -0.15) is 5.10 Å². The number of aromatic amines is 1. The monoisotopic (exact) mass is 331 g/mol. The maximum atomic E-state index is 13.0. The van der Waals surface area contributed by atoms with Gasteiger partial charge in [-0.3, -0.25) is 9.89 Å². The highest BCUT2D eigenvalue weighted by molar-refractivity contribution is 5.94. The van der Waals surface area contributed by atoms with Crippen LogP contribution in [0.15, 0.2) is 24.5 Å². The summed E-state index contributed by atoms with van der Waals surface area (Å²) < 4.78 is 13.0. The van der Waals surface area contributed by atoms with E-state index in [1.165, 1.54) is 12.3 Å². The summed E-state index contributed by atoms with van der Waals surface area (Å²) in [6.07, 6.45) is 2.94. The van der Waals surface area contributed by atoms with Gasteiger partial charge in [0.2, 0.25) is 0 Å². The van der Waals surface area contributed by atoms with Gasteiger partial charge in [0.05, 0.1) is 12.4 Å². The highest BCUT2D eigenvalue weighted by Crippen LogP contribution is 2.22. The minimum Gasteiger partial charge on any atom is -0.353 e. The molecule has 0 aliphatic carbocycles. The lowest BCUT2D eigenvalue weighted by Crippen LogP contribution is -2.54. The van der Waals surface area contributed by atoms with Crippen molar-refractivity contribution in [3.63, 3.8) is 0 Å². The number of H-pyrrole nitrogens is 1. The number of aromatic nitrogens is 3. The van der Waals surface area contributed by atoms with Gasteiger partial charge in [-0.15, -0.1) is 0 Å². The fraction of sp³-hybridized carbons (Fsp3) is 0.471. The topological polar surface area (TPSA) is 65.1 Å². The number of hydrogen-bond acceptors (Lipinski definition) is 4. The van der Waals surface area contributed by atoms with E-state index in [0.29, 0.717) is 25.3 Å². The number of pyridine rings is 1. The molecule has 128 valence electrons. The summed E-state index contributed by atoms with van der Waals surface area (Å²) in [7, 11) is 0. The number of nitrogens with one attached hydrogen (secondary N) is 1. The fourth-order valence-corrected chi connectivity index (χ4v) is 3.07. The van der Waals surface area contributed by atoms with Gasteiger partial charge in [-0.1, -0.05) is 13.8 Å². The highest BCUT2D eigenvalue weighted by Gasteiger charge is 2.30. The van der Waals surface area contributed by atoms with Crippen LogP contribution in [0.25, 0.3) is 0 Å². The van der Waals surface area contributed by atoms with Crippen LogP contribution in [0, 0.1) is 5.82 Å². The second-order valence-corrected chi connectivity index (χ2v) is 6.48. The smallest absolute Gasteiger partial charge is 0.272 e. The van der Waals surface area contributed by atoms with Gasteiger partial charge in [0, 0.05) is 31.2 Å². The maximum absolute atomic E-state index is 13.0. The Hall–Kier alpha value is -2.44. The molecule has 0 saturated carbocycles. The average molecular weight is 331 g/mol. The quantitative estimate of drug-likeness (QED) is 0.938. The van der Waals surface area contributed by atoms with Crippen molar-refractivity contribution in [3.05, 3.63) is 41.6 Å². The molecule has 24 heavy (non-hydrogen) atoms. The number of rotatable bonds is 3. The number of amides is 1. The Morgan fingerprint density at radius 1 is 1.33 bits per heavy atom. The number of piperazine rings is 1. The van der Waals surface area contributed by atoms with E-state index in [-0.39, 0.29) is 23.7 Å². The van der Waals surface area contributed by atoms with Crippen molar-refractivity contribution in [2.75, 3.05) is 24.5 Å². The van der Waals surface area contributed by atoms with E-state index >= 15 is 0 Å². The lowest BCUT2D eigenvalue weighted by atomic mass is 10.0. The molecule has 1 N–H and O–H groups in total. The van der Waals surface area contributed by atoms with Crippen molar-refractivity contribution in [2.45, 2.75) is 32.7 Å². The molecule has 2 aromatic heterocycles. The standard InChI is InChI=1S/C17H22FN5O/c1-11(2)14-9-20-21-16(14)17(24)23-7-6-22(10-12(23)3)15-5-4-13(18)8-19-15/h4-5,8-9,11-12H,6-7,10H2,1-3H3,(H,20,21). The van der Waals surface area contributed by atoms with Crippen molar-refractivity contribution >= 4 is 11.7 Å². The largest absolute Gasteiger partial charge is 0.353 e. The molecular weight excluding hydrogens is 309 g/mol. The molecule has 1 aliphatic heterocycles. The molecule has 1 fully saturated rings. The molecule has 1 unspecified atom stereocenters. The number of halogens is 1. The summed E-state index contributed by atoms with van der Waals surface area (Å²) in [6, 6.07) is 3.11. The van der Waals surface area contributed by atoms with Crippen LogP contribution >= 0.6 is 0 Å². The van der Waals surface area contributed by atoms with E-state index in [0.717, 1.165) is 11.4 Å². The Morgan fingerprint density at radius 2 is 2.12 bits per heavy atom. The van der Waals surface area contributed by atoms with Crippen LogP contribution in [0.3, 0.4) is 0 Å². The molecule has 3 heterocycles. The maximum Gasteiger partial charge on any atom is 0.272 e. The SMILES string of the molecule is CC(C)c1cn[nH]c1C(=O)N1CCN(c2ccc(F)cn2)CC1C. The van der Waals surface area contributed by atoms with Crippen LogP contribution in [0.5, 0.6) is 0 Å². The molecule has 1 amide bonds. The summed E-state index contributed by atoms with van der Waals surface area (Å²) in [5.41, 5.74) is 1.51. The Bertz CT molecular complexity index is 712. The zero-order valence-corrected chi connectivity index (χ0v) is 14.2. The van der Waals surface area contributed by atoms with E-state index in [4.69, 9.17) is 0 Å². The first kappa shape index (κ1) is 16.4. The Balaban J connectivity index is 1.72. The Morgan fingerprint density at radius 3 is 2.75 bits per heavy atom. The van der Waals surface area contributed by atoms with Crippen LogP contribution in [0.1, 0.15) is 42.7 Å². The van der Waals surface area contributed by atoms with Crippen molar-refractivity contribution < 1.29 is 9.18 Å². The molecule has 3 rings (SSSR count). The second kappa shape index (κ2) is 6.59. The molecule has 0 bridgehead atoms. The molecule has 1 saturated heterocycles. The molecular formula is C17H22FN5O. The molecule has 1 atom stereocenters. The predicted molar refractivity (Wildman–Crippen MR) is 89.6 cm³/mol. The van der Waals surface area contributed by atoms with E-state index in [2.05, 4.69) is 20.1 Å². The van der Waals surface area contributed by atoms with Crippen molar-refractivity contribution in [3.8, 4) is 0 Å². The third-order valence-electron chi connectivity index (χ3n) is 4.43. The lowest BCUT2D eigenvalue weighted by molar-refractivity contribution is 0.0666. The van der Waals surface area contributed by atoms with Gasteiger partial charge in [0.1, 0.15) is 17.3 Å². The molecule has 7 heteroatoms. The van der Waals surface area contributed by atoms with Gasteiger partial charge in [0.15, 0.2) is 0 Å². The van der Waals surface area contributed by atoms with Gasteiger partial charge < -0.3 is 9.80 Å². The molecule has 2 aromatic rings. The minimum atomic E-state index is -0.346. The summed E-state index contributed by atoms with van der Waals surface area (Å²) in [5, 5.41) is 6.87. The highest BCUT2D eigenvalue weighted by atomic mass is 19.1. The van der Waals surface area contributed by atoms with Crippen LogP contribution in [0.4, 0.5) is 10.2 Å². The first-order chi connectivity index (χ1) is 11.5. The van der Waals surface area contributed by atoms with Crippen LogP contribution in [-0.4, -0.2) is 51.7 Å². The van der Waals surface area contributed by atoms with Crippen LogP contribution in [-0.2, 0) is 0 Å². The van der Waals surface area contributed by atoms with Gasteiger partial charge in [0.25, 0.3) is 5.91 Å². The number of nitrogens with zero attached hydrogens (tertiary/aromatic N) is 4. The van der Waals surface area contributed by atoms with Crippen molar-refractivity contribution in [1.29, 1.82) is 0 Å². The van der Waals surface area contributed by atoms with E-state index in [1.54, 1.807) is 12.3 Å². The first-order valence-electron chi connectivity index (χ1n) is 8.18. The lowest BCUT2D eigenvalue weighted by Gasteiger charge is -2.40. The zero-order chi connectivity index (χ0) is 17.3. The van der Waals surface area contributed by atoms with Crippen LogP contribution in [0.2, 0.25) is 0 Å². The zero-order valence-electron chi connectivity index (χ0n) is 14.2. The van der Waals surface area contributed by atoms with E-state index in [1.807, 2.05) is 25.7 Å².